The summed E-state index contributed by atoms with van der Waals surface area (Å²) in [5.41, 5.74) is 6.99. The molecular formula is C24H21N3O4. The van der Waals surface area contributed by atoms with Crippen molar-refractivity contribution in [1.82, 2.24) is 10.9 Å². The number of hydrogen-bond donors (Lipinski definition) is 2. The molecule has 7 heteroatoms. The van der Waals surface area contributed by atoms with Gasteiger partial charge in [-0.05, 0) is 55.0 Å². The fourth-order valence-electron chi connectivity index (χ4n) is 3.35. The summed E-state index contributed by atoms with van der Waals surface area (Å²) in [6.45, 7) is 1.83. The van der Waals surface area contributed by atoms with Gasteiger partial charge in [0.1, 0.15) is 17.5 Å². The Morgan fingerprint density at radius 3 is 2.26 bits per heavy atom. The van der Waals surface area contributed by atoms with Crippen molar-refractivity contribution in [1.29, 1.82) is 0 Å². The second kappa shape index (κ2) is 8.81. The maximum absolute atomic E-state index is 12.8. The summed E-state index contributed by atoms with van der Waals surface area (Å²) in [7, 11) is 0. The fraction of sp³-hybridized carbons (Fsp3) is 0.125. The Labute approximate surface area is 179 Å². The molecule has 7 nitrogen and oxygen atoms in total. The summed E-state index contributed by atoms with van der Waals surface area (Å²) in [5.74, 6) is 0.154. The average molecular weight is 415 g/mol. The molecule has 0 unspecified atom stereocenters. The van der Waals surface area contributed by atoms with Crippen LogP contribution in [0.1, 0.15) is 22.3 Å². The van der Waals surface area contributed by atoms with Crippen molar-refractivity contribution in [3.63, 3.8) is 0 Å². The highest BCUT2D eigenvalue weighted by Gasteiger charge is 2.39. The molecule has 0 spiro atoms. The second-order valence-corrected chi connectivity index (χ2v) is 7.15. The molecule has 2 N–H and O–H groups in total. The molecule has 0 radical (unpaired) electrons. The Balaban J connectivity index is 1.40. The minimum atomic E-state index is -0.833. The first-order chi connectivity index (χ1) is 15.0. The van der Waals surface area contributed by atoms with E-state index in [2.05, 4.69) is 10.9 Å². The molecule has 3 aromatic carbocycles. The van der Waals surface area contributed by atoms with E-state index in [1.165, 1.54) is 0 Å². The number of anilines is 1. The van der Waals surface area contributed by atoms with Crippen molar-refractivity contribution in [2.45, 2.75) is 19.4 Å². The third-order valence-electron chi connectivity index (χ3n) is 4.97. The first-order valence-corrected chi connectivity index (χ1v) is 9.84. The van der Waals surface area contributed by atoms with E-state index in [4.69, 9.17) is 4.74 Å². The Hall–Kier alpha value is -3.97. The van der Waals surface area contributed by atoms with E-state index in [1.807, 2.05) is 49.4 Å². The van der Waals surface area contributed by atoms with Gasteiger partial charge in [-0.2, -0.15) is 0 Å². The Morgan fingerprint density at radius 2 is 1.55 bits per heavy atom. The van der Waals surface area contributed by atoms with Crippen LogP contribution >= 0.6 is 0 Å². The number of para-hydroxylation sites is 1. The van der Waals surface area contributed by atoms with E-state index < -0.39 is 11.9 Å². The summed E-state index contributed by atoms with van der Waals surface area (Å²) in [6.07, 6.45) is -0.0465. The van der Waals surface area contributed by atoms with E-state index >= 15 is 0 Å². The topological polar surface area (TPSA) is 87.7 Å². The number of hydrazine groups is 1. The highest BCUT2D eigenvalue weighted by molar-refractivity contribution is 6.22. The molecule has 1 aliphatic rings. The SMILES string of the molecule is Cc1ccccc1C(=O)NN[C@H]1CC(=O)N(c2ccc(Oc3ccccc3)cc2)C1=O. The number of carbonyl (C=O) groups excluding carboxylic acids is 3. The summed E-state index contributed by atoms with van der Waals surface area (Å²) in [6, 6.07) is 22.3. The molecule has 3 amide bonds. The van der Waals surface area contributed by atoms with Crippen molar-refractivity contribution in [3.8, 4) is 11.5 Å². The largest absolute Gasteiger partial charge is 0.457 e. The highest BCUT2D eigenvalue weighted by atomic mass is 16.5. The van der Waals surface area contributed by atoms with Gasteiger partial charge in [0.15, 0.2) is 0 Å². The zero-order valence-corrected chi connectivity index (χ0v) is 16.9. The summed E-state index contributed by atoms with van der Waals surface area (Å²) in [5, 5.41) is 0. The van der Waals surface area contributed by atoms with Crippen LogP contribution in [-0.2, 0) is 9.59 Å². The molecule has 3 aromatic rings. The number of rotatable bonds is 6. The van der Waals surface area contributed by atoms with Gasteiger partial charge >= 0.3 is 0 Å². The molecule has 156 valence electrons. The highest BCUT2D eigenvalue weighted by Crippen LogP contribution is 2.27. The molecule has 0 bridgehead atoms. The van der Waals surface area contributed by atoms with Crippen molar-refractivity contribution in [2.75, 3.05) is 4.90 Å². The first kappa shape index (κ1) is 20.3. The fourth-order valence-corrected chi connectivity index (χ4v) is 3.35. The van der Waals surface area contributed by atoms with E-state index in [9.17, 15) is 14.4 Å². The molecule has 0 saturated carbocycles. The molecule has 1 saturated heterocycles. The summed E-state index contributed by atoms with van der Waals surface area (Å²) < 4.78 is 5.74. The van der Waals surface area contributed by atoms with Crippen LogP contribution in [0.15, 0.2) is 78.9 Å². The van der Waals surface area contributed by atoms with Gasteiger partial charge in [0.25, 0.3) is 11.8 Å². The van der Waals surface area contributed by atoms with Gasteiger partial charge in [0.2, 0.25) is 5.91 Å². The molecular weight excluding hydrogens is 394 g/mol. The van der Waals surface area contributed by atoms with Crippen molar-refractivity contribution in [2.24, 2.45) is 0 Å². The van der Waals surface area contributed by atoms with Gasteiger partial charge < -0.3 is 4.74 Å². The molecule has 31 heavy (non-hydrogen) atoms. The number of hydrogen-bond acceptors (Lipinski definition) is 5. The first-order valence-electron chi connectivity index (χ1n) is 9.84. The molecule has 1 heterocycles. The lowest BCUT2D eigenvalue weighted by molar-refractivity contribution is -0.121. The Kier molecular flexibility index (Phi) is 5.77. The standard InChI is InChI=1S/C24H21N3O4/c1-16-7-5-6-10-20(16)23(29)26-25-21-15-22(28)27(24(21)30)17-11-13-19(14-12-17)31-18-8-3-2-4-9-18/h2-14,21,25H,15H2,1H3,(H,26,29)/t21-/m0/s1. The van der Waals surface area contributed by atoms with Crippen LogP contribution in [0.4, 0.5) is 5.69 Å². The molecule has 1 aliphatic heterocycles. The molecule has 1 fully saturated rings. The van der Waals surface area contributed by atoms with Crippen LogP contribution in [0.5, 0.6) is 11.5 Å². The number of carbonyl (C=O) groups is 3. The number of ether oxygens (including phenoxy) is 1. The van der Waals surface area contributed by atoms with Gasteiger partial charge in [-0.1, -0.05) is 36.4 Å². The third-order valence-corrected chi connectivity index (χ3v) is 4.97. The molecule has 0 aromatic heterocycles. The van der Waals surface area contributed by atoms with E-state index in [0.29, 0.717) is 22.7 Å². The minimum Gasteiger partial charge on any atom is -0.457 e. The number of benzene rings is 3. The number of imide groups is 1. The van der Waals surface area contributed by atoms with E-state index in [-0.39, 0.29) is 18.2 Å². The molecule has 4 rings (SSSR count). The zero-order chi connectivity index (χ0) is 21.8. The van der Waals surface area contributed by atoms with Crippen LogP contribution < -0.4 is 20.5 Å². The smallest absolute Gasteiger partial charge is 0.265 e. The third kappa shape index (κ3) is 4.46. The van der Waals surface area contributed by atoms with E-state index in [0.717, 1.165) is 10.5 Å². The lowest BCUT2D eigenvalue weighted by atomic mass is 10.1. The van der Waals surface area contributed by atoms with Crippen LogP contribution in [0.3, 0.4) is 0 Å². The number of nitrogens with zero attached hydrogens (tertiary/aromatic N) is 1. The number of nitrogens with one attached hydrogen (secondary N) is 2. The maximum atomic E-state index is 12.8. The van der Waals surface area contributed by atoms with Crippen LogP contribution in [-0.4, -0.2) is 23.8 Å². The monoisotopic (exact) mass is 415 g/mol. The van der Waals surface area contributed by atoms with Gasteiger partial charge in [0.05, 0.1) is 12.1 Å². The average Bonchev–Trinajstić information content (AvgIpc) is 3.07. The van der Waals surface area contributed by atoms with Gasteiger partial charge in [-0.3, -0.25) is 19.8 Å². The zero-order valence-electron chi connectivity index (χ0n) is 16.9. The molecule has 1 atom stereocenters. The van der Waals surface area contributed by atoms with Gasteiger partial charge in [0, 0.05) is 5.56 Å². The molecule has 0 aliphatic carbocycles. The maximum Gasteiger partial charge on any atom is 0.265 e. The number of amides is 3. The lowest BCUT2D eigenvalue weighted by Gasteiger charge is -2.16. The van der Waals surface area contributed by atoms with Gasteiger partial charge in [-0.25, -0.2) is 10.3 Å². The van der Waals surface area contributed by atoms with Crippen LogP contribution in [0, 0.1) is 6.92 Å². The minimum absolute atomic E-state index is 0.0465. The van der Waals surface area contributed by atoms with Crippen molar-refractivity contribution in [3.05, 3.63) is 90.0 Å². The van der Waals surface area contributed by atoms with E-state index in [1.54, 1.807) is 36.4 Å². The Morgan fingerprint density at radius 1 is 0.903 bits per heavy atom. The van der Waals surface area contributed by atoms with Crippen molar-refractivity contribution < 1.29 is 19.1 Å². The summed E-state index contributed by atoms with van der Waals surface area (Å²) >= 11 is 0. The van der Waals surface area contributed by atoms with Gasteiger partial charge in [-0.15, -0.1) is 0 Å². The Bertz CT molecular complexity index is 1110. The quantitative estimate of drug-likeness (QED) is 0.476. The van der Waals surface area contributed by atoms with Crippen molar-refractivity contribution >= 4 is 23.4 Å². The van der Waals surface area contributed by atoms with Crippen LogP contribution in [0.2, 0.25) is 0 Å². The summed E-state index contributed by atoms with van der Waals surface area (Å²) in [4.78, 5) is 38.7. The normalized spacial score (nSPS) is 15.8. The predicted octanol–water partition coefficient (Wildman–Crippen LogP) is 3.35. The van der Waals surface area contributed by atoms with Crippen LogP contribution in [0.25, 0.3) is 0 Å². The second-order valence-electron chi connectivity index (χ2n) is 7.15. The lowest BCUT2D eigenvalue weighted by Crippen LogP contribution is -2.48. The predicted molar refractivity (Wildman–Crippen MR) is 116 cm³/mol. The number of aryl methyl sites for hydroxylation is 1.